The Morgan fingerprint density at radius 1 is 0.852 bits per heavy atom. The molecule has 2 aromatic carbocycles. The fraction of sp³-hybridized carbons (Fsp3) is 0.316. The van der Waals surface area contributed by atoms with Gasteiger partial charge in [-0.3, -0.25) is 4.79 Å². The molecule has 144 valence electrons. The van der Waals surface area contributed by atoms with Crippen LogP contribution >= 0.6 is 11.8 Å². The molecule has 0 spiro atoms. The van der Waals surface area contributed by atoms with Crippen LogP contribution in [0.1, 0.15) is 12.8 Å². The lowest BCUT2D eigenvalue weighted by atomic mass is 10.0. The van der Waals surface area contributed by atoms with Crippen molar-refractivity contribution in [1.29, 1.82) is 0 Å². The Labute approximate surface area is 164 Å². The van der Waals surface area contributed by atoms with Gasteiger partial charge in [0.2, 0.25) is 0 Å². The molecular weight excluding hydrogens is 404 g/mol. The third kappa shape index (κ3) is 4.28. The summed E-state index contributed by atoms with van der Waals surface area (Å²) in [5, 5.41) is 0. The van der Waals surface area contributed by atoms with Gasteiger partial charge in [0, 0.05) is 23.8 Å². The summed E-state index contributed by atoms with van der Waals surface area (Å²) >= 11 is 1.55. The molecule has 0 unspecified atom stereocenters. The summed E-state index contributed by atoms with van der Waals surface area (Å²) in [6.45, 7) is 0. The number of hydrogen-bond donors (Lipinski definition) is 0. The van der Waals surface area contributed by atoms with Crippen LogP contribution in [0.5, 0.6) is 0 Å². The van der Waals surface area contributed by atoms with E-state index in [1.54, 1.807) is 48.2 Å². The first-order valence-electron chi connectivity index (χ1n) is 8.52. The lowest BCUT2D eigenvalue weighted by Gasteiger charge is -2.25. The molecule has 0 bridgehead atoms. The Morgan fingerprint density at radius 3 is 1.78 bits per heavy atom. The number of Topliss-reactive ketones (excluding diaryl/α,β-unsaturated/α-hetero) is 1. The molecule has 1 aliphatic rings. The summed E-state index contributed by atoms with van der Waals surface area (Å²) < 4.78 is 51.2. The number of sulfone groups is 2. The predicted molar refractivity (Wildman–Crippen MR) is 106 cm³/mol. The van der Waals surface area contributed by atoms with E-state index >= 15 is 0 Å². The topological polar surface area (TPSA) is 85.3 Å². The molecule has 0 aromatic heterocycles. The molecule has 1 saturated heterocycles. The molecule has 2 aromatic rings. The molecule has 1 aliphatic heterocycles. The molecular formula is C19H20O5S3. The molecule has 0 radical (unpaired) electrons. The van der Waals surface area contributed by atoms with E-state index in [0.29, 0.717) is 17.9 Å². The highest BCUT2D eigenvalue weighted by atomic mass is 32.3. The summed E-state index contributed by atoms with van der Waals surface area (Å²) in [5.74, 6) is 0.497. The summed E-state index contributed by atoms with van der Waals surface area (Å²) in [6, 6.07) is 15.1. The van der Waals surface area contributed by atoms with E-state index in [-0.39, 0.29) is 22.0 Å². The molecule has 0 aliphatic carbocycles. The van der Waals surface area contributed by atoms with Gasteiger partial charge in [-0.15, -0.1) is 0 Å². The first-order chi connectivity index (χ1) is 12.8. The van der Waals surface area contributed by atoms with Crippen LogP contribution in [0, 0.1) is 5.92 Å². The highest BCUT2D eigenvalue weighted by molar-refractivity contribution is 8.09. The number of carbonyl (C=O) groups is 1. The average Bonchev–Trinajstić information content (AvgIpc) is 2.68. The minimum atomic E-state index is -4.18. The van der Waals surface area contributed by atoms with Crippen molar-refractivity contribution in [3.05, 3.63) is 60.7 Å². The van der Waals surface area contributed by atoms with Gasteiger partial charge in [-0.25, -0.2) is 16.8 Å². The van der Waals surface area contributed by atoms with Crippen LogP contribution in [0.2, 0.25) is 0 Å². The minimum Gasteiger partial charge on any atom is -0.299 e. The zero-order chi connectivity index (χ0) is 19.5. The smallest absolute Gasteiger partial charge is 0.195 e. The Balaban J connectivity index is 2.08. The molecule has 0 N–H and O–H groups in total. The van der Waals surface area contributed by atoms with E-state index in [1.807, 2.05) is 0 Å². The van der Waals surface area contributed by atoms with Crippen LogP contribution in [0.15, 0.2) is 70.5 Å². The van der Waals surface area contributed by atoms with E-state index in [1.165, 1.54) is 24.3 Å². The van der Waals surface area contributed by atoms with Gasteiger partial charge in [0.25, 0.3) is 0 Å². The second-order valence-electron chi connectivity index (χ2n) is 6.37. The van der Waals surface area contributed by atoms with Crippen LogP contribution in [-0.2, 0) is 24.5 Å². The van der Waals surface area contributed by atoms with Gasteiger partial charge in [0.05, 0.1) is 9.79 Å². The lowest BCUT2D eigenvalue weighted by Crippen LogP contribution is -2.36. The van der Waals surface area contributed by atoms with Gasteiger partial charge in [0.1, 0.15) is 5.78 Å². The highest BCUT2D eigenvalue weighted by Crippen LogP contribution is 2.33. The zero-order valence-electron chi connectivity index (χ0n) is 14.5. The van der Waals surface area contributed by atoms with Crippen molar-refractivity contribution < 1.29 is 21.6 Å². The average molecular weight is 425 g/mol. The molecule has 27 heavy (non-hydrogen) atoms. The number of hydrogen-bond acceptors (Lipinski definition) is 6. The molecule has 0 saturated carbocycles. The Hall–Kier alpha value is -1.64. The Kier molecular flexibility index (Phi) is 6.08. The van der Waals surface area contributed by atoms with Gasteiger partial charge < -0.3 is 0 Å². The largest absolute Gasteiger partial charge is 0.299 e. The van der Waals surface area contributed by atoms with Crippen molar-refractivity contribution in [1.82, 2.24) is 0 Å². The Morgan fingerprint density at radius 2 is 1.33 bits per heavy atom. The van der Waals surface area contributed by atoms with Crippen LogP contribution in [0.4, 0.5) is 0 Å². The predicted octanol–water partition coefficient (Wildman–Crippen LogP) is 2.97. The maximum Gasteiger partial charge on any atom is 0.195 e. The van der Waals surface area contributed by atoms with Crippen LogP contribution < -0.4 is 0 Å². The van der Waals surface area contributed by atoms with Crippen molar-refractivity contribution >= 4 is 37.2 Å². The maximum atomic E-state index is 13.2. The Bertz CT molecular complexity index is 930. The SMILES string of the molecule is O=C1CCSC[C@@H]1CC(S(=O)(=O)c1ccccc1)S(=O)(=O)c1ccccc1. The van der Waals surface area contributed by atoms with Crippen LogP contribution in [0.25, 0.3) is 0 Å². The van der Waals surface area contributed by atoms with E-state index in [0.717, 1.165) is 0 Å². The van der Waals surface area contributed by atoms with E-state index < -0.39 is 30.2 Å². The number of carbonyl (C=O) groups excluding carboxylic acids is 1. The number of thioether (sulfide) groups is 1. The van der Waals surface area contributed by atoms with E-state index in [4.69, 9.17) is 0 Å². The first kappa shape index (κ1) is 20.1. The molecule has 0 amide bonds. The zero-order valence-corrected chi connectivity index (χ0v) is 17.0. The third-order valence-corrected chi connectivity index (χ3v) is 10.9. The second kappa shape index (κ2) is 8.16. The standard InChI is InChI=1S/C19H20O5S3/c20-18-11-12-25-14-15(18)13-19(26(21,22)16-7-3-1-4-8-16)27(23,24)17-9-5-2-6-10-17/h1-10,15,19H,11-14H2/t15-/m0/s1. The number of benzene rings is 2. The monoisotopic (exact) mass is 424 g/mol. The van der Waals surface area contributed by atoms with Crippen molar-refractivity contribution in [2.24, 2.45) is 5.92 Å². The van der Waals surface area contributed by atoms with Crippen molar-refractivity contribution in [2.75, 3.05) is 11.5 Å². The van der Waals surface area contributed by atoms with Crippen molar-refractivity contribution in [3.8, 4) is 0 Å². The molecule has 1 fully saturated rings. The molecule has 1 heterocycles. The van der Waals surface area contributed by atoms with Crippen LogP contribution in [0.3, 0.4) is 0 Å². The molecule has 5 nitrogen and oxygen atoms in total. The van der Waals surface area contributed by atoms with Crippen molar-refractivity contribution in [3.63, 3.8) is 0 Å². The minimum absolute atomic E-state index is 0.0505. The number of rotatable bonds is 6. The van der Waals surface area contributed by atoms with Crippen molar-refractivity contribution in [2.45, 2.75) is 27.2 Å². The van der Waals surface area contributed by atoms with Gasteiger partial charge in [0.15, 0.2) is 24.3 Å². The second-order valence-corrected chi connectivity index (χ2v) is 12.1. The highest BCUT2D eigenvalue weighted by Gasteiger charge is 2.42. The quantitative estimate of drug-likeness (QED) is 0.709. The fourth-order valence-electron chi connectivity index (χ4n) is 3.07. The lowest BCUT2D eigenvalue weighted by molar-refractivity contribution is -0.122. The van der Waals surface area contributed by atoms with E-state index in [9.17, 15) is 21.6 Å². The summed E-state index contributed by atoms with van der Waals surface area (Å²) in [7, 11) is -8.36. The fourth-order valence-corrected chi connectivity index (χ4v) is 8.84. The van der Waals surface area contributed by atoms with Gasteiger partial charge in [-0.05, 0) is 30.7 Å². The number of ketones is 1. The van der Waals surface area contributed by atoms with Crippen LogP contribution in [-0.4, -0.2) is 38.7 Å². The van der Waals surface area contributed by atoms with Gasteiger partial charge >= 0.3 is 0 Å². The third-order valence-electron chi connectivity index (χ3n) is 4.58. The summed E-state index contributed by atoms with van der Waals surface area (Å²) in [5.41, 5.74) is 0. The summed E-state index contributed by atoms with van der Waals surface area (Å²) in [4.78, 5) is 12.2. The van der Waals surface area contributed by atoms with Gasteiger partial charge in [-0.2, -0.15) is 11.8 Å². The van der Waals surface area contributed by atoms with Gasteiger partial charge in [-0.1, -0.05) is 36.4 Å². The molecule has 3 rings (SSSR count). The molecule has 1 atom stereocenters. The van der Waals surface area contributed by atoms with E-state index in [2.05, 4.69) is 0 Å². The molecule has 8 heteroatoms. The summed E-state index contributed by atoms with van der Waals surface area (Å²) in [6.07, 6.45) is 0.124. The maximum absolute atomic E-state index is 13.2. The normalized spacial score (nSPS) is 18.6. The first-order valence-corrected chi connectivity index (χ1v) is 12.8.